The first-order chi connectivity index (χ1) is 15.5. The van der Waals surface area contributed by atoms with Gasteiger partial charge in [0, 0.05) is 12.1 Å². The number of fused-ring (bicyclic) bond motifs is 1. The number of rotatable bonds is 6. The van der Waals surface area contributed by atoms with Crippen LogP contribution in [0.2, 0.25) is 0 Å². The van der Waals surface area contributed by atoms with Gasteiger partial charge in [-0.3, -0.25) is 9.59 Å². The van der Waals surface area contributed by atoms with Crippen LogP contribution in [0.4, 0.5) is 0 Å². The second kappa shape index (κ2) is 9.90. The average Bonchev–Trinajstić information content (AvgIpc) is 2.80. The minimum Gasteiger partial charge on any atom is -0.496 e. The van der Waals surface area contributed by atoms with Crippen LogP contribution in [0.1, 0.15) is 42.4 Å². The Labute approximate surface area is 189 Å². The molecule has 2 amide bonds. The Bertz CT molecular complexity index is 1020. The SMILES string of the molecule is COc1ccccc1CNC(=O)CN1C(=O)/C(=C\c2cccc(C)c2)OC2CCCCC21. The molecule has 1 aliphatic carbocycles. The molecule has 2 aromatic carbocycles. The van der Waals surface area contributed by atoms with Crippen molar-refractivity contribution in [3.05, 3.63) is 71.0 Å². The van der Waals surface area contributed by atoms with Crippen molar-refractivity contribution >= 4 is 17.9 Å². The molecular formula is C26H30N2O4. The summed E-state index contributed by atoms with van der Waals surface area (Å²) in [5.74, 6) is 0.634. The molecule has 2 atom stereocenters. The summed E-state index contributed by atoms with van der Waals surface area (Å²) in [6.07, 6.45) is 5.57. The van der Waals surface area contributed by atoms with E-state index in [1.54, 1.807) is 18.1 Å². The Hall–Kier alpha value is -3.28. The van der Waals surface area contributed by atoms with E-state index < -0.39 is 0 Å². The first-order valence-corrected chi connectivity index (χ1v) is 11.2. The standard InChI is InChI=1S/C26H30N2O4/c1-18-8-7-9-19(14-18)15-24-26(30)28(21-11-4-6-13-23(21)32-24)17-25(29)27-16-20-10-3-5-12-22(20)31-2/h3,5,7-10,12,14-15,21,23H,4,6,11,13,16-17H2,1-2H3,(H,27,29)/b24-15+. The molecule has 1 N–H and O–H groups in total. The molecule has 0 aromatic heterocycles. The smallest absolute Gasteiger partial charge is 0.289 e. The molecule has 0 radical (unpaired) electrons. The van der Waals surface area contributed by atoms with Crippen molar-refractivity contribution < 1.29 is 19.1 Å². The molecule has 1 saturated carbocycles. The van der Waals surface area contributed by atoms with Crippen LogP contribution in [-0.4, -0.2) is 42.5 Å². The van der Waals surface area contributed by atoms with Crippen LogP contribution >= 0.6 is 0 Å². The first-order valence-electron chi connectivity index (χ1n) is 11.2. The molecule has 168 valence electrons. The molecule has 0 bridgehead atoms. The third kappa shape index (κ3) is 4.96. The van der Waals surface area contributed by atoms with E-state index in [9.17, 15) is 9.59 Å². The summed E-state index contributed by atoms with van der Waals surface area (Å²) in [6, 6.07) is 15.5. The number of carbonyl (C=O) groups excluding carboxylic acids is 2. The van der Waals surface area contributed by atoms with Crippen LogP contribution in [0.15, 0.2) is 54.3 Å². The van der Waals surface area contributed by atoms with Crippen molar-refractivity contribution in [2.45, 2.75) is 51.3 Å². The molecule has 2 unspecified atom stereocenters. The highest BCUT2D eigenvalue weighted by Gasteiger charge is 2.42. The van der Waals surface area contributed by atoms with Crippen molar-refractivity contribution in [1.82, 2.24) is 10.2 Å². The lowest BCUT2D eigenvalue weighted by molar-refractivity contribution is -0.151. The maximum atomic E-state index is 13.3. The van der Waals surface area contributed by atoms with Crippen LogP contribution in [-0.2, 0) is 20.9 Å². The van der Waals surface area contributed by atoms with E-state index in [1.807, 2.05) is 55.5 Å². The van der Waals surface area contributed by atoms with Crippen molar-refractivity contribution in [1.29, 1.82) is 0 Å². The molecular weight excluding hydrogens is 404 g/mol. The number of amides is 2. The van der Waals surface area contributed by atoms with Gasteiger partial charge in [0.1, 0.15) is 18.4 Å². The Morgan fingerprint density at radius 1 is 1.19 bits per heavy atom. The summed E-state index contributed by atoms with van der Waals surface area (Å²) < 4.78 is 11.5. The van der Waals surface area contributed by atoms with E-state index in [4.69, 9.17) is 9.47 Å². The van der Waals surface area contributed by atoms with Gasteiger partial charge < -0.3 is 19.7 Å². The molecule has 32 heavy (non-hydrogen) atoms. The lowest BCUT2D eigenvalue weighted by Gasteiger charge is -2.44. The van der Waals surface area contributed by atoms with E-state index in [1.165, 1.54) is 0 Å². The monoisotopic (exact) mass is 434 g/mol. The molecule has 4 rings (SSSR count). The normalized spacial score (nSPS) is 21.6. The quantitative estimate of drug-likeness (QED) is 0.702. The van der Waals surface area contributed by atoms with Gasteiger partial charge in [0.15, 0.2) is 5.76 Å². The van der Waals surface area contributed by atoms with Gasteiger partial charge >= 0.3 is 0 Å². The largest absolute Gasteiger partial charge is 0.496 e. The maximum absolute atomic E-state index is 13.3. The maximum Gasteiger partial charge on any atom is 0.289 e. The Morgan fingerprint density at radius 3 is 2.81 bits per heavy atom. The van der Waals surface area contributed by atoms with Crippen LogP contribution in [0.3, 0.4) is 0 Å². The highest BCUT2D eigenvalue weighted by Crippen LogP contribution is 2.33. The molecule has 1 heterocycles. The summed E-state index contributed by atoms with van der Waals surface area (Å²) in [6.45, 7) is 2.38. The number of hydrogen-bond donors (Lipinski definition) is 1. The molecule has 1 saturated heterocycles. The van der Waals surface area contributed by atoms with Gasteiger partial charge in [-0.15, -0.1) is 0 Å². The fourth-order valence-corrected chi connectivity index (χ4v) is 4.53. The zero-order valence-electron chi connectivity index (χ0n) is 18.7. The second-order valence-corrected chi connectivity index (χ2v) is 8.45. The van der Waals surface area contributed by atoms with E-state index >= 15 is 0 Å². The molecule has 0 spiro atoms. The van der Waals surface area contributed by atoms with E-state index in [0.717, 1.165) is 48.1 Å². The highest BCUT2D eigenvalue weighted by molar-refractivity contribution is 5.98. The summed E-state index contributed by atoms with van der Waals surface area (Å²) in [4.78, 5) is 27.8. The number of nitrogens with zero attached hydrogens (tertiary/aromatic N) is 1. The van der Waals surface area contributed by atoms with Gasteiger partial charge in [-0.25, -0.2) is 0 Å². The fourth-order valence-electron chi connectivity index (χ4n) is 4.53. The third-order valence-corrected chi connectivity index (χ3v) is 6.14. The topological polar surface area (TPSA) is 67.9 Å². The highest BCUT2D eigenvalue weighted by atomic mass is 16.5. The molecule has 6 heteroatoms. The number of carbonyl (C=O) groups is 2. The second-order valence-electron chi connectivity index (χ2n) is 8.45. The van der Waals surface area contributed by atoms with E-state index in [-0.39, 0.29) is 30.5 Å². The minimum absolute atomic E-state index is 0.0175. The Morgan fingerprint density at radius 2 is 2.00 bits per heavy atom. The lowest BCUT2D eigenvalue weighted by atomic mass is 9.89. The molecule has 1 aliphatic heterocycles. The molecule has 2 fully saturated rings. The van der Waals surface area contributed by atoms with Gasteiger partial charge in [0.25, 0.3) is 5.91 Å². The number of aryl methyl sites for hydroxylation is 1. The van der Waals surface area contributed by atoms with Crippen LogP contribution in [0, 0.1) is 6.92 Å². The van der Waals surface area contributed by atoms with E-state index in [2.05, 4.69) is 5.32 Å². The van der Waals surface area contributed by atoms with E-state index in [0.29, 0.717) is 12.3 Å². The third-order valence-electron chi connectivity index (χ3n) is 6.14. The number of morpholine rings is 1. The number of hydrogen-bond acceptors (Lipinski definition) is 4. The van der Waals surface area contributed by atoms with Gasteiger partial charge in [-0.2, -0.15) is 0 Å². The summed E-state index contributed by atoms with van der Waals surface area (Å²) >= 11 is 0. The average molecular weight is 435 g/mol. The van der Waals surface area contributed by atoms with Gasteiger partial charge in [0.2, 0.25) is 5.91 Å². The van der Waals surface area contributed by atoms with Crippen molar-refractivity contribution in [3.63, 3.8) is 0 Å². The summed E-state index contributed by atoms with van der Waals surface area (Å²) in [5, 5.41) is 2.94. The number of methoxy groups -OCH3 is 1. The molecule has 2 aromatic rings. The fraction of sp³-hybridized carbons (Fsp3) is 0.385. The predicted molar refractivity (Wildman–Crippen MR) is 123 cm³/mol. The number of para-hydroxylation sites is 1. The van der Waals surface area contributed by atoms with Crippen LogP contribution in [0.5, 0.6) is 5.75 Å². The van der Waals surface area contributed by atoms with Crippen LogP contribution < -0.4 is 10.1 Å². The predicted octanol–water partition coefficient (Wildman–Crippen LogP) is 3.83. The van der Waals surface area contributed by atoms with Gasteiger partial charge in [-0.05, 0) is 43.9 Å². The first kappa shape index (κ1) is 21.9. The number of benzene rings is 2. The van der Waals surface area contributed by atoms with Crippen molar-refractivity contribution in [3.8, 4) is 5.75 Å². The Kier molecular flexibility index (Phi) is 6.78. The van der Waals surface area contributed by atoms with Crippen molar-refractivity contribution in [2.75, 3.05) is 13.7 Å². The zero-order valence-corrected chi connectivity index (χ0v) is 18.7. The molecule has 2 aliphatic rings. The zero-order chi connectivity index (χ0) is 22.5. The number of nitrogens with one attached hydrogen (secondary N) is 1. The Balaban J connectivity index is 1.49. The minimum atomic E-state index is -0.220. The summed E-state index contributed by atoms with van der Waals surface area (Å²) in [7, 11) is 1.61. The molecule has 6 nitrogen and oxygen atoms in total. The van der Waals surface area contributed by atoms with Crippen LogP contribution in [0.25, 0.3) is 6.08 Å². The van der Waals surface area contributed by atoms with Gasteiger partial charge in [0.05, 0.1) is 13.2 Å². The number of ether oxygens (including phenoxy) is 2. The summed E-state index contributed by atoms with van der Waals surface area (Å²) in [5.41, 5.74) is 2.93. The van der Waals surface area contributed by atoms with Crippen molar-refractivity contribution in [2.24, 2.45) is 0 Å². The lowest BCUT2D eigenvalue weighted by Crippen LogP contribution is -2.57. The van der Waals surface area contributed by atoms with Gasteiger partial charge in [-0.1, -0.05) is 54.4 Å².